The summed E-state index contributed by atoms with van der Waals surface area (Å²) in [4.78, 5) is 14.4. The highest BCUT2D eigenvalue weighted by atomic mass is 19.1. The SMILES string of the molecule is O=C(C1CCNC1)N(Cc1ccccc1F)C1CC1. The summed E-state index contributed by atoms with van der Waals surface area (Å²) in [5, 5.41) is 3.22. The van der Waals surface area contributed by atoms with Gasteiger partial charge in [-0.3, -0.25) is 4.79 Å². The van der Waals surface area contributed by atoms with Gasteiger partial charge in [-0.1, -0.05) is 18.2 Å². The van der Waals surface area contributed by atoms with Gasteiger partial charge in [-0.25, -0.2) is 4.39 Å². The van der Waals surface area contributed by atoms with Gasteiger partial charge in [0.2, 0.25) is 5.91 Å². The van der Waals surface area contributed by atoms with E-state index in [4.69, 9.17) is 0 Å². The molecule has 0 aromatic heterocycles. The lowest BCUT2D eigenvalue weighted by Crippen LogP contribution is -2.38. The Labute approximate surface area is 112 Å². The van der Waals surface area contributed by atoms with Crippen molar-refractivity contribution in [3.63, 3.8) is 0 Å². The second-order valence-corrected chi connectivity index (χ2v) is 5.48. The van der Waals surface area contributed by atoms with Crippen molar-refractivity contribution in [3.8, 4) is 0 Å². The Bertz CT molecular complexity index is 467. The molecule has 3 nitrogen and oxygen atoms in total. The molecule has 1 N–H and O–H groups in total. The van der Waals surface area contributed by atoms with Crippen LogP contribution in [0, 0.1) is 11.7 Å². The number of nitrogens with zero attached hydrogens (tertiary/aromatic N) is 1. The summed E-state index contributed by atoms with van der Waals surface area (Å²) in [6.07, 6.45) is 3.01. The lowest BCUT2D eigenvalue weighted by molar-refractivity contribution is -0.136. The van der Waals surface area contributed by atoms with Gasteiger partial charge in [-0.05, 0) is 31.9 Å². The molecule has 4 heteroatoms. The standard InChI is InChI=1S/C15H19FN2O/c16-14-4-2-1-3-12(14)10-18(13-5-6-13)15(19)11-7-8-17-9-11/h1-4,11,13,17H,5-10H2. The number of hydrogen-bond donors (Lipinski definition) is 1. The molecule has 1 aromatic carbocycles. The maximum atomic E-state index is 13.7. The van der Waals surface area contributed by atoms with E-state index in [9.17, 15) is 9.18 Å². The average molecular weight is 262 g/mol. The van der Waals surface area contributed by atoms with Crippen molar-refractivity contribution in [1.82, 2.24) is 10.2 Å². The first-order valence-electron chi connectivity index (χ1n) is 7.00. The number of carbonyl (C=O) groups excluding carboxylic acids is 1. The molecule has 1 amide bonds. The van der Waals surface area contributed by atoms with Crippen LogP contribution >= 0.6 is 0 Å². The van der Waals surface area contributed by atoms with Crippen LogP contribution in [0.25, 0.3) is 0 Å². The fourth-order valence-electron chi connectivity index (χ4n) is 2.68. The Morgan fingerprint density at radius 1 is 1.32 bits per heavy atom. The van der Waals surface area contributed by atoms with Gasteiger partial charge in [0.15, 0.2) is 0 Å². The topological polar surface area (TPSA) is 32.3 Å². The van der Waals surface area contributed by atoms with Crippen LogP contribution in [-0.4, -0.2) is 29.9 Å². The molecule has 0 spiro atoms. The van der Waals surface area contributed by atoms with Crippen molar-refractivity contribution in [2.75, 3.05) is 13.1 Å². The van der Waals surface area contributed by atoms with Gasteiger partial charge in [0, 0.05) is 24.7 Å². The largest absolute Gasteiger partial charge is 0.335 e. The average Bonchev–Trinajstić information content (AvgIpc) is 3.11. The predicted molar refractivity (Wildman–Crippen MR) is 70.9 cm³/mol. The quantitative estimate of drug-likeness (QED) is 0.899. The zero-order chi connectivity index (χ0) is 13.2. The second-order valence-electron chi connectivity index (χ2n) is 5.48. The van der Waals surface area contributed by atoms with Crippen LogP contribution in [0.4, 0.5) is 4.39 Å². The van der Waals surface area contributed by atoms with Crippen molar-refractivity contribution in [2.24, 2.45) is 5.92 Å². The number of nitrogens with one attached hydrogen (secondary N) is 1. The van der Waals surface area contributed by atoms with Gasteiger partial charge < -0.3 is 10.2 Å². The molecule has 1 heterocycles. The van der Waals surface area contributed by atoms with Gasteiger partial charge in [0.25, 0.3) is 0 Å². The van der Waals surface area contributed by atoms with E-state index in [0.717, 1.165) is 32.4 Å². The highest BCUT2D eigenvalue weighted by Crippen LogP contribution is 2.31. The number of carbonyl (C=O) groups is 1. The van der Waals surface area contributed by atoms with Gasteiger partial charge in [0.05, 0.1) is 5.92 Å². The molecule has 1 aromatic rings. The zero-order valence-electron chi connectivity index (χ0n) is 10.9. The first-order chi connectivity index (χ1) is 9.25. The number of benzene rings is 1. The lowest BCUT2D eigenvalue weighted by Gasteiger charge is -2.25. The van der Waals surface area contributed by atoms with Crippen LogP contribution in [0.1, 0.15) is 24.8 Å². The van der Waals surface area contributed by atoms with Gasteiger partial charge >= 0.3 is 0 Å². The molecule has 1 saturated heterocycles. The number of halogens is 1. The summed E-state index contributed by atoms with van der Waals surface area (Å²) in [5.41, 5.74) is 0.619. The van der Waals surface area contributed by atoms with Crippen LogP contribution in [0.5, 0.6) is 0 Å². The number of hydrogen-bond acceptors (Lipinski definition) is 2. The normalized spacial score (nSPS) is 22.5. The third-order valence-electron chi connectivity index (χ3n) is 3.98. The van der Waals surface area contributed by atoms with E-state index in [1.807, 2.05) is 11.0 Å². The Hall–Kier alpha value is -1.42. The monoisotopic (exact) mass is 262 g/mol. The minimum atomic E-state index is -0.217. The van der Waals surface area contributed by atoms with E-state index in [-0.39, 0.29) is 17.6 Å². The molecule has 2 fully saturated rings. The molecule has 19 heavy (non-hydrogen) atoms. The predicted octanol–water partition coefficient (Wildman–Crippen LogP) is 1.93. The third kappa shape index (κ3) is 2.78. The van der Waals surface area contributed by atoms with E-state index < -0.39 is 0 Å². The van der Waals surface area contributed by atoms with E-state index in [1.54, 1.807) is 12.1 Å². The Balaban J connectivity index is 1.74. The van der Waals surface area contributed by atoms with Crippen LogP contribution < -0.4 is 5.32 Å². The highest BCUT2D eigenvalue weighted by molar-refractivity contribution is 5.80. The van der Waals surface area contributed by atoms with Crippen LogP contribution in [0.2, 0.25) is 0 Å². The number of rotatable bonds is 4. The summed E-state index contributed by atoms with van der Waals surface area (Å²) >= 11 is 0. The second kappa shape index (κ2) is 5.29. The van der Waals surface area contributed by atoms with Gasteiger partial charge in [-0.15, -0.1) is 0 Å². The molecular formula is C15H19FN2O. The van der Waals surface area contributed by atoms with Crippen molar-refractivity contribution in [3.05, 3.63) is 35.6 Å². The molecule has 1 unspecified atom stereocenters. The molecule has 2 aliphatic rings. The molecule has 1 aliphatic heterocycles. The summed E-state index contributed by atoms with van der Waals surface area (Å²) in [7, 11) is 0. The molecule has 0 radical (unpaired) electrons. The van der Waals surface area contributed by atoms with Crippen LogP contribution in [0.15, 0.2) is 24.3 Å². The fourth-order valence-corrected chi connectivity index (χ4v) is 2.68. The maximum absolute atomic E-state index is 13.7. The third-order valence-corrected chi connectivity index (χ3v) is 3.98. The van der Waals surface area contributed by atoms with Crippen LogP contribution in [-0.2, 0) is 11.3 Å². The van der Waals surface area contributed by atoms with E-state index in [2.05, 4.69) is 5.32 Å². The van der Waals surface area contributed by atoms with Crippen molar-refractivity contribution in [1.29, 1.82) is 0 Å². The fraction of sp³-hybridized carbons (Fsp3) is 0.533. The first-order valence-corrected chi connectivity index (χ1v) is 7.00. The first kappa shape index (κ1) is 12.6. The molecule has 1 atom stereocenters. The van der Waals surface area contributed by atoms with Crippen molar-refractivity contribution < 1.29 is 9.18 Å². The summed E-state index contributed by atoms with van der Waals surface area (Å²) in [6.45, 7) is 2.08. The van der Waals surface area contributed by atoms with E-state index in [1.165, 1.54) is 6.07 Å². The minimum Gasteiger partial charge on any atom is -0.335 e. The molecule has 1 aliphatic carbocycles. The molecule has 1 saturated carbocycles. The smallest absolute Gasteiger partial charge is 0.227 e. The summed E-state index contributed by atoms with van der Waals surface area (Å²) in [5.74, 6) is 0.0497. The Kier molecular flexibility index (Phi) is 3.51. The Morgan fingerprint density at radius 2 is 2.11 bits per heavy atom. The zero-order valence-corrected chi connectivity index (χ0v) is 10.9. The van der Waals surface area contributed by atoms with Gasteiger partial charge in [0.1, 0.15) is 5.82 Å². The molecule has 3 rings (SSSR count). The number of amides is 1. The van der Waals surface area contributed by atoms with Crippen molar-refractivity contribution in [2.45, 2.75) is 31.8 Å². The highest BCUT2D eigenvalue weighted by Gasteiger charge is 2.36. The summed E-state index contributed by atoms with van der Waals surface area (Å²) < 4.78 is 13.7. The molecule has 0 bridgehead atoms. The van der Waals surface area contributed by atoms with E-state index >= 15 is 0 Å². The van der Waals surface area contributed by atoms with Gasteiger partial charge in [-0.2, -0.15) is 0 Å². The lowest BCUT2D eigenvalue weighted by atomic mass is 10.1. The molecular weight excluding hydrogens is 243 g/mol. The Morgan fingerprint density at radius 3 is 2.74 bits per heavy atom. The van der Waals surface area contributed by atoms with E-state index in [0.29, 0.717) is 18.2 Å². The maximum Gasteiger partial charge on any atom is 0.227 e. The minimum absolute atomic E-state index is 0.0763. The van der Waals surface area contributed by atoms with Crippen LogP contribution in [0.3, 0.4) is 0 Å². The molecule has 102 valence electrons. The summed E-state index contributed by atoms with van der Waals surface area (Å²) in [6, 6.07) is 7.06. The van der Waals surface area contributed by atoms with Crippen molar-refractivity contribution >= 4 is 5.91 Å².